The molecule has 4 aromatic rings. The summed E-state index contributed by atoms with van der Waals surface area (Å²) < 4.78 is 16.7. The van der Waals surface area contributed by atoms with Crippen molar-refractivity contribution in [3.63, 3.8) is 0 Å². The molecule has 0 bridgehead atoms. The molecular weight excluding hydrogens is 440 g/mol. The van der Waals surface area contributed by atoms with Crippen LogP contribution >= 0.6 is 0 Å². The van der Waals surface area contributed by atoms with Gasteiger partial charge in [-0.15, -0.1) is 0 Å². The van der Waals surface area contributed by atoms with Crippen LogP contribution in [0, 0.1) is 0 Å². The van der Waals surface area contributed by atoms with E-state index in [1.54, 1.807) is 39.8 Å². The van der Waals surface area contributed by atoms with Crippen LogP contribution in [0.4, 0.5) is 0 Å². The molecule has 35 heavy (non-hydrogen) atoms. The Morgan fingerprint density at radius 3 is 2.09 bits per heavy atom. The van der Waals surface area contributed by atoms with Crippen LogP contribution in [0.25, 0.3) is 34.2 Å². The van der Waals surface area contributed by atoms with Gasteiger partial charge in [-0.2, -0.15) is 0 Å². The van der Waals surface area contributed by atoms with Crippen molar-refractivity contribution in [3.8, 4) is 51.4 Å². The number of rotatable bonds is 8. The van der Waals surface area contributed by atoms with Crippen LogP contribution in [0.3, 0.4) is 0 Å². The zero-order chi connectivity index (χ0) is 24.8. The van der Waals surface area contributed by atoms with Crippen LogP contribution in [0.15, 0.2) is 72.6 Å². The van der Waals surface area contributed by atoms with Crippen LogP contribution in [0.1, 0.15) is 19.4 Å². The van der Waals surface area contributed by atoms with Gasteiger partial charge in [0.05, 0.1) is 32.7 Å². The molecule has 7 nitrogen and oxygen atoms in total. The van der Waals surface area contributed by atoms with Crippen molar-refractivity contribution in [1.82, 2.24) is 19.9 Å². The molecule has 0 spiro atoms. The largest absolute Gasteiger partial charge is 0.497 e. The first kappa shape index (κ1) is 23.9. The second-order valence-corrected chi connectivity index (χ2v) is 8.11. The van der Waals surface area contributed by atoms with E-state index in [0.29, 0.717) is 23.1 Å². The van der Waals surface area contributed by atoms with Gasteiger partial charge in [-0.25, -0.2) is 19.9 Å². The Balaban J connectivity index is 1.92. The maximum Gasteiger partial charge on any atom is 0.198 e. The van der Waals surface area contributed by atoms with E-state index in [9.17, 15) is 0 Å². The summed E-state index contributed by atoms with van der Waals surface area (Å²) in [6.45, 7) is 4.16. The second-order valence-electron chi connectivity index (χ2n) is 8.11. The van der Waals surface area contributed by atoms with Gasteiger partial charge >= 0.3 is 0 Å². The molecule has 0 unspecified atom stereocenters. The van der Waals surface area contributed by atoms with Gasteiger partial charge in [0.25, 0.3) is 0 Å². The van der Waals surface area contributed by atoms with Gasteiger partial charge in [-0.3, -0.25) is 0 Å². The minimum atomic E-state index is 0.428. The van der Waals surface area contributed by atoms with E-state index >= 15 is 0 Å². The third-order valence-corrected chi connectivity index (χ3v) is 5.49. The number of aromatic nitrogens is 4. The highest BCUT2D eigenvalue weighted by atomic mass is 16.5. The third kappa shape index (κ3) is 5.46. The van der Waals surface area contributed by atoms with Crippen LogP contribution < -0.4 is 14.2 Å². The standard InChI is InChI=1S/C28H28N4O3/c1-18(2)7-8-20-15-22(26(35-5)17-25(20)34-4)24-16-23(19-9-11-21(33-3)12-10-19)31-28(32-24)27-29-13-6-14-30-27/h6-7,9-17H,8H2,1-5H3. The maximum atomic E-state index is 5.74. The molecule has 2 aromatic carbocycles. The lowest BCUT2D eigenvalue weighted by atomic mass is 10.0. The summed E-state index contributed by atoms with van der Waals surface area (Å²) >= 11 is 0. The average molecular weight is 469 g/mol. The Morgan fingerprint density at radius 2 is 1.46 bits per heavy atom. The molecule has 7 heteroatoms. The second kappa shape index (κ2) is 10.8. The van der Waals surface area contributed by atoms with E-state index in [2.05, 4.69) is 36.0 Å². The highest BCUT2D eigenvalue weighted by Gasteiger charge is 2.17. The van der Waals surface area contributed by atoms with Gasteiger partial charge in [0.1, 0.15) is 17.2 Å². The monoisotopic (exact) mass is 468 g/mol. The zero-order valence-corrected chi connectivity index (χ0v) is 20.6. The number of hydrogen-bond acceptors (Lipinski definition) is 7. The molecule has 0 radical (unpaired) electrons. The lowest BCUT2D eigenvalue weighted by Gasteiger charge is -2.15. The van der Waals surface area contributed by atoms with E-state index in [-0.39, 0.29) is 0 Å². The fourth-order valence-corrected chi connectivity index (χ4v) is 3.65. The van der Waals surface area contributed by atoms with Crippen LogP contribution in [0.5, 0.6) is 17.2 Å². The number of benzene rings is 2. The van der Waals surface area contributed by atoms with E-state index in [1.807, 2.05) is 36.4 Å². The van der Waals surface area contributed by atoms with Crippen LogP contribution in [-0.2, 0) is 6.42 Å². The normalized spacial score (nSPS) is 10.5. The minimum absolute atomic E-state index is 0.428. The van der Waals surface area contributed by atoms with Crippen molar-refractivity contribution in [2.45, 2.75) is 20.3 Å². The Labute approximate surface area is 205 Å². The predicted octanol–water partition coefficient (Wildman–Crippen LogP) is 5.80. The van der Waals surface area contributed by atoms with Crippen molar-refractivity contribution in [2.24, 2.45) is 0 Å². The molecule has 178 valence electrons. The summed E-state index contributed by atoms with van der Waals surface area (Å²) in [6, 6.07) is 15.4. The number of nitrogens with zero attached hydrogens (tertiary/aromatic N) is 4. The summed E-state index contributed by atoms with van der Waals surface area (Å²) in [7, 11) is 4.95. The topological polar surface area (TPSA) is 79.2 Å². The Bertz CT molecular complexity index is 1330. The summed E-state index contributed by atoms with van der Waals surface area (Å²) in [5.41, 5.74) is 5.46. The lowest BCUT2D eigenvalue weighted by Crippen LogP contribution is -2.01. The Hall–Kier alpha value is -4.26. The quantitative estimate of drug-likeness (QED) is 0.302. The smallest absolute Gasteiger partial charge is 0.198 e. The molecule has 2 heterocycles. The molecule has 2 aromatic heterocycles. The van der Waals surface area contributed by atoms with E-state index < -0.39 is 0 Å². The molecule has 0 atom stereocenters. The number of allylic oxidation sites excluding steroid dienone is 2. The number of methoxy groups -OCH3 is 3. The first-order valence-electron chi connectivity index (χ1n) is 11.2. The molecule has 4 rings (SSSR count). The van der Waals surface area contributed by atoms with Crippen molar-refractivity contribution < 1.29 is 14.2 Å². The number of hydrogen-bond donors (Lipinski definition) is 0. The molecule has 0 aliphatic carbocycles. The molecule has 0 saturated carbocycles. The maximum absolute atomic E-state index is 5.74. The third-order valence-electron chi connectivity index (χ3n) is 5.49. The average Bonchev–Trinajstić information content (AvgIpc) is 2.91. The van der Waals surface area contributed by atoms with Gasteiger partial charge in [0.2, 0.25) is 0 Å². The van der Waals surface area contributed by atoms with Crippen molar-refractivity contribution >= 4 is 0 Å². The molecule has 0 aliphatic rings. The van der Waals surface area contributed by atoms with Gasteiger partial charge in [-0.05, 0) is 68.3 Å². The van der Waals surface area contributed by atoms with Gasteiger partial charge in [0.15, 0.2) is 11.6 Å². The molecule has 0 N–H and O–H groups in total. The van der Waals surface area contributed by atoms with Gasteiger partial charge in [-0.1, -0.05) is 11.6 Å². The van der Waals surface area contributed by atoms with Gasteiger partial charge < -0.3 is 14.2 Å². The molecule has 0 saturated heterocycles. The summed E-state index contributed by atoms with van der Waals surface area (Å²) in [4.78, 5) is 18.3. The van der Waals surface area contributed by atoms with Crippen LogP contribution in [-0.4, -0.2) is 41.3 Å². The van der Waals surface area contributed by atoms with Crippen molar-refractivity contribution in [3.05, 3.63) is 78.1 Å². The van der Waals surface area contributed by atoms with E-state index in [0.717, 1.165) is 40.3 Å². The molecule has 0 fully saturated rings. The zero-order valence-electron chi connectivity index (χ0n) is 20.6. The predicted molar refractivity (Wildman–Crippen MR) is 137 cm³/mol. The number of ether oxygens (including phenoxy) is 3. The Morgan fingerprint density at radius 1 is 0.771 bits per heavy atom. The van der Waals surface area contributed by atoms with Crippen LogP contribution in [0.2, 0.25) is 0 Å². The first-order valence-corrected chi connectivity index (χ1v) is 11.2. The summed E-state index contributed by atoms with van der Waals surface area (Å²) in [5.74, 6) is 3.07. The fraction of sp³-hybridized carbons (Fsp3) is 0.214. The molecule has 0 amide bonds. The van der Waals surface area contributed by atoms with E-state index in [4.69, 9.17) is 24.2 Å². The first-order chi connectivity index (χ1) is 17.0. The SMILES string of the molecule is COc1ccc(-c2cc(-c3cc(CC=C(C)C)c(OC)cc3OC)nc(-c3ncccn3)n2)cc1. The van der Waals surface area contributed by atoms with Gasteiger partial charge in [0, 0.05) is 29.6 Å². The fourth-order valence-electron chi connectivity index (χ4n) is 3.65. The van der Waals surface area contributed by atoms with E-state index in [1.165, 1.54) is 5.57 Å². The molecular formula is C28H28N4O3. The lowest BCUT2D eigenvalue weighted by molar-refractivity contribution is 0.392. The molecule has 0 aliphatic heterocycles. The highest BCUT2D eigenvalue weighted by Crippen LogP contribution is 2.37. The van der Waals surface area contributed by atoms with Crippen molar-refractivity contribution in [1.29, 1.82) is 0 Å². The Kier molecular flexibility index (Phi) is 7.35. The van der Waals surface area contributed by atoms with Crippen molar-refractivity contribution in [2.75, 3.05) is 21.3 Å². The highest BCUT2D eigenvalue weighted by molar-refractivity contribution is 5.75. The minimum Gasteiger partial charge on any atom is -0.497 e. The summed E-state index contributed by atoms with van der Waals surface area (Å²) in [6.07, 6.45) is 6.25. The summed E-state index contributed by atoms with van der Waals surface area (Å²) in [5, 5.41) is 0.